The highest BCUT2D eigenvalue weighted by Crippen LogP contribution is 2.23. The lowest BCUT2D eigenvalue weighted by molar-refractivity contribution is -0.117. The molecule has 1 aliphatic rings. The van der Waals surface area contributed by atoms with Gasteiger partial charge >= 0.3 is 6.61 Å². The number of hydrogen-bond acceptors (Lipinski definition) is 3. The van der Waals surface area contributed by atoms with E-state index in [9.17, 15) is 18.4 Å². The molecule has 142 valence electrons. The normalized spacial score (nSPS) is 13.9. The lowest BCUT2D eigenvalue weighted by Gasteiger charge is -2.16. The van der Waals surface area contributed by atoms with Gasteiger partial charge in [-0.3, -0.25) is 9.59 Å². The predicted octanol–water partition coefficient (Wildman–Crippen LogP) is 3.99. The molecule has 0 spiro atoms. The van der Waals surface area contributed by atoms with Gasteiger partial charge < -0.3 is 15.0 Å². The van der Waals surface area contributed by atoms with Crippen LogP contribution in [0.15, 0.2) is 48.5 Å². The minimum atomic E-state index is -2.85. The van der Waals surface area contributed by atoms with E-state index in [0.717, 1.165) is 24.2 Å². The third kappa shape index (κ3) is 5.26. The number of halogens is 2. The summed E-state index contributed by atoms with van der Waals surface area (Å²) in [5.74, 6) is 0.0689. The molecule has 0 aliphatic carbocycles. The van der Waals surface area contributed by atoms with Gasteiger partial charge in [0.1, 0.15) is 5.75 Å². The van der Waals surface area contributed by atoms with Gasteiger partial charge in [0.2, 0.25) is 11.8 Å². The lowest BCUT2D eigenvalue weighted by atomic mass is 10.1. The molecule has 2 aromatic carbocycles. The number of carbonyl (C=O) groups excluding carboxylic acids is 2. The highest BCUT2D eigenvalue weighted by Gasteiger charge is 2.21. The molecule has 0 radical (unpaired) electrons. The highest BCUT2D eigenvalue weighted by atomic mass is 19.3. The van der Waals surface area contributed by atoms with E-state index >= 15 is 0 Å². The van der Waals surface area contributed by atoms with Gasteiger partial charge in [0.15, 0.2) is 0 Å². The first-order chi connectivity index (χ1) is 13.0. The van der Waals surface area contributed by atoms with Crippen molar-refractivity contribution in [1.82, 2.24) is 0 Å². The summed E-state index contributed by atoms with van der Waals surface area (Å²) in [5, 5.41) is 2.81. The second-order valence-electron chi connectivity index (χ2n) is 6.27. The Morgan fingerprint density at radius 3 is 2.41 bits per heavy atom. The third-order valence-corrected chi connectivity index (χ3v) is 4.33. The number of aryl methyl sites for hydroxylation is 1. The van der Waals surface area contributed by atoms with Crippen LogP contribution >= 0.6 is 0 Å². The number of hydrogen-bond donors (Lipinski definition) is 1. The molecule has 1 aliphatic heterocycles. The van der Waals surface area contributed by atoms with E-state index in [1.165, 1.54) is 12.1 Å². The lowest BCUT2D eigenvalue weighted by Crippen LogP contribution is -2.23. The molecule has 2 aromatic rings. The van der Waals surface area contributed by atoms with Crippen molar-refractivity contribution in [1.29, 1.82) is 0 Å². The average molecular weight is 374 g/mol. The van der Waals surface area contributed by atoms with Crippen molar-refractivity contribution in [3.05, 3.63) is 54.1 Å². The maximum Gasteiger partial charge on any atom is 0.387 e. The number of alkyl halides is 2. The summed E-state index contributed by atoms with van der Waals surface area (Å²) in [6.45, 7) is -2.12. The zero-order valence-corrected chi connectivity index (χ0v) is 14.7. The Morgan fingerprint density at radius 2 is 1.81 bits per heavy atom. The summed E-state index contributed by atoms with van der Waals surface area (Å²) in [6.07, 6.45) is 2.20. The topological polar surface area (TPSA) is 58.6 Å². The van der Waals surface area contributed by atoms with Crippen LogP contribution in [0.1, 0.15) is 24.8 Å². The van der Waals surface area contributed by atoms with Crippen LogP contribution in [-0.4, -0.2) is 25.0 Å². The SMILES string of the molecule is O=C(CCc1ccc(OC(F)F)cc1)Nc1ccc(N2CCCC2=O)cc1. The van der Waals surface area contributed by atoms with E-state index in [0.29, 0.717) is 18.5 Å². The molecule has 0 aromatic heterocycles. The minimum absolute atomic E-state index is 0.0924. The summed E-state index contributed by atoms with van der Waals surface area (Å²) in [5.41, 5.74) is 2.35. The number of rotatable bonds is 7. The van der Waals surface area contributed by atoms with Crippen molar-refractivity contribution >= 4 is 23.2 Å². The van der Waals surface area contributed by atoms with Crippen LogP contribution < -0.4 is 15.0 Å². The molecule has 5 nitrogen and oxygen atoms in total. The first-order valence-electron chi connectivity index (χ1n) is 8.75. The number of ether oxygens (including phenoxy) is 1. The van der Waals surface area contributed by atoms with Crippen molar-refractivity contribution in [2.75, 3.05) is 16.8 Å². The summed E-state index contributed by atoms with van der Waals surface area (Å²) < 4.78 is 28.5. The fraction of sp³-hybridized carbons (Fsp3) is 0.300. The second kappa shape index (κ2) is 8.62. The molecule has 1 fully saturated rings. The van der Waals surface area contributed by atoms with Crippen molar-refractivity contribution in [2.45, 2.75) is 32.3 Å². The van der Waals surface area contributed by atoms with E-state index in [-0.39, 0.29) is 24.0 Å². The molecule has 0 unspecified atom stereocenters. The van der Waals surface area contributed by atoms with Crippen LogP contribution in [0, 0.1) is 0 Å². The fourth-order valence-corrected chi connectivity index (χ4v) is 2.96. The quantitative estimate of drug-likeness (QED) is 0.797. The summed E-state index contributed by atoms with van der Waals surface area (Å²) in [6, 6.07) is 13.4. The van der Waals surface area contributed by atoms with E-state index in [4.69, 9.17) is 0 Å². The first kappa shape index (κ1) is 18.8. The van der Waals surface area contributed by atoms with Crippen LogP contribution in [0.2, 0.25) is 0 Å². The summed E-state index contributed by atoms with van der Waals surface area (Å²) in [4.78, 5) is 25.6. The van der Waals surface area contributed by atoms with Crippen molar-refractivity contribution in [3.8, 4) is 5.75 Å². The van der Waals surface area contributed by atoms with Gasteiger partial charge in [-0.15, -0.1) is 0 Å². The smallest absolute Gasteiger partial charge is 0.387 e. The van der Waals surface area contributed by atoms with Crippen LogP contribution in [-0.2, 0) is 16.0 Å². The van der Waals surface area contributed by atoms with Crippen molar-refractivity contribution < 1.29 is 23.1 Å². The molecule has 0 bridgehead atoms. The number of amides is 2. The van der Waals surface area contributed by atoms with Gasteiger partial charge in [-0.25, -0.2) is 0 Å². The van der Waals surface area contributed by atoms with E-state index in [1.807, 2.05) is 12.1 Å². The third-order valence-electron chi connectivity index (χ3n) is 4.33. The first-order valence-corrected chi connectivity index (χ1v) is 8.75. The molecule has 0 atom stereocenters. The van der Waals surface area contributed by atoms with Gasteiger partial charge in [0.25, 0.3) is 0 Å². The van der Waals surface area contributed by atoms with Crippen LogP contribution in [0.4, 0.5) is 20.2 Å². The summed E-state index contributed by atoms with van der Waals surface area (Å²) >= 11 is 0. The van der Waals surface area contributed by atoms with Gasteiger partial charge in [0.05, 0.1) is 0 Å². The maximum absolute atomic E-state index is 12.1. The largest absolute Gasteiger partial charge is 0.435 e. The number of benzene rings is 2. The molecular weight excluding hydrogens is 354 g/mol. The number of anilines is 2. The monoisotopic (exact) mass is 374 g/mol. The zero-order valence-electron chi connectivity index (χ0n) is 14.7. The Morgan fingerprint density at radius 1 is 1.11 bits per heavy atom. The Hall–Kier alpha value is -2.96. The van der Waals surface area contributed by atoms with Crippen molar-refractivity contribution in [3.63, 3.8) is 0 Å². The van der Waals surface area contributed by atoms with Crippen LogP contribution in [0.25, 0.3) is 0 Å². The van der Waals surface area contributed by atoms with E-state index < -0.39 is 6.61 Å². The Labute approximate surface area is 155 Å². The number of nitrogens with one attached hydrogen (secondary N) is 1. The van der Waals surface area contributed by atoms with Gasteiger partial charge in [-0.1, -0.05) is 12.1 Å². The maximum atomic E-state index is 12.1. The second-order valence-corrected chi connectivity index (χ2v) is 6.27. The highest BCUT2D eigenvalue weighted by molar-refractivity contribution is 5.96. The molecule has 1 heterocycles. The molecule has 1 saturated heterocycles. The van der Waals surface area contributed by atoms with Crippen molar-refractivity contribution in [2.24, 2.45) is 0 Å². The average Bonchev–Trinajstić information content (AvgIpc) is 3.07. The van der Waals surface area contributed by atoms with Crippen LogP contribution in [0.5, 0.6) is 5.75 Å². The standard InChI is InChI=1S/C20H20F2N2O3/c21-20(22)27-17-10-3-14(4-11-17)5-12-18(25)23-15-6-8-16(9-7-15)24-13-1-2-19(24)26/h3-4,6-11,20H,1-2,5,12-13H2,(H,23,25). The molecular formula is C20H20F2N2O3. The number of nitrogens with zero attached hydrogens (tertiary/aromatic N) is 1. The zero-order chi connectivity index (χ0) is 19.2. The van der Waals surface area contributed by atoms with Crippen LogP contribution in [0.3, 0.4) is 0 Å². The molecule has 1 N–H and O–H groups in total. The molecule has 3 rings (SSSR count). The summed E-state index contributed by atoms with van der Waals surface area (Å²) in [7, 11) is 0. The minimum Gasteiger partial charge on any atom is -0.435 e. The van der Waals surface area contributed by atoms with Gasteiger partial charge in [0, 0.05) is 30.8 Å². The Bertz CT molecular complexity index is 792. The predicted molar refractivity (Wildman–Crippen MR) is 98.1 cm³/mol. The van der Waals surface area contributed by atoms with Gasteiger partial charge in [-0.2, -0.15) is 8.78 Å². The van der Waals surface area contributed by atoms with Gasteiger partial charge in [-0.05, 0) is 54.8 Å². The molecule has 7 heteroatoms. The Balaban J connectivity index is 1.48. The van der Waals surface area contributed by atoms with E-state index in [1.54, 1.807) is 29.2 Å². The number of carbonyl (C=O) groups is 2. The molecule has 27 heavy (non-hydrogen) atoms. The Kier molecular flexibility index (Phi) is 6.01. The van der Waals surface area contributed by atoms with E-state index in [2.05, 4.69) is 10.1 Å². The molecule has 2 amide bonds. The fourth-order valence-electron chi connectivity index (χ4n) is 2.96. The molecule has 0 saturated carbocycles.